The summed E-state index contributed by atoms with van der Waals surface area (Å²) in [6.45, 7) is 0.985. The number of halogens is 9. The van der Waals surface area contributed by atoms with Gasteiger partial charge in [0.05, 0.1) is 19.8 Å². The number of fused-ring (bicyclic) bond motifs is 9. The molecule has 12 rings (SSSR count). The van der Waals surface area contributed by atoms with E-state index in [9.17, 15) is 41.7 Å². The summed E-state index contributed by atoms with van der Waals surface area (Å²) in [5.41, 5.74) is 2.32. The van der Waals surface area contributed by atoms with Gasteiger partial charge in [0.2, 0.25) is 0 Å². The van der Waals surface area contributed by atoms with Crippen molar-refractivity contribution in [1.82, 2.24) is 0 Å². The van der Waals surface area contributed by atoms with Gasteiger partial charge >= 0.3 is 0 Å². The Morgan fingerprint density at radius 1 is 0.372 bits per heavy atom. The van der Waals surface area contributed by atoms with Gasteiger partial charge in [0, 0.05) is 85.6 Å². The molecule has 9 atom stereocenters. The van der Waals surface area contributed by atoms with Crippen LogP contribution in [0.3, 0.4) is 0 Å². The van der Waals surface area contributed by atoms with E-state index < -0.39 is 51.1 Å². The summed E-state index contributed by atoms with van der Waals surface area (Å²) in [7, 11) is 0. The molecule has 0 amide bonds. The fourth-order valence-electron chi connectivity index (χ4n) is 14.8. The van der Waals surface area contributed by atoms with Crippen LogP contribution in [0.4, 0.5) is 26.3 Å². The number of ether oxygens (including phenoxy) is 3. The summed E-state index contributed by atoms with van der Waals surface area (Å²) in [6, 6.07) is 29.4. The van der Waals surface area contributed by atoms with Crippen molar-refractivity contribution in [1.29, 1.82) is 0 Å². The van der Waals surface area contributed by atoms with Crippen LogP contribution in [0.25, 0.3) is 0 Å². The molecule has 0 radical (unpaired) electrons. The fourth-order valence-corrected chi connectivity index (χ4v) is 15.2. The van der Waals surface area contributed by atoms with E-state index in [4.69, 9.17) is 49.0 Å². The monoisotopic (exact) mass is 1130 g/mol. The Labute approximate surface area is 466 Å². The van der Waals surface area contributed by atoms with E-state index >= 15 is 0 Å². The van der Waals surface area contributed by atoms with E-state index in [-0.39, 0.29) is 72.6 Å². The lowest BCUT2D eigenvalue weighted by molar-refractivity contribution is 0.00838. The SMILES string of the molecule is OC[C@@H]1CCC[C@@]2(Cc3ccc(Cl)cc3)c3c(F)ccc(F)c3OC[C@@H]12.OC[C@@H]1CCC[C@@]2(Cc3ccc(Cl)cc3)c3c(F)ccc(F)c3OC[C@@H]12.OC[C@H]1CCC[C@]2(Cc3ccc(Cl)cc3)c3c(F)ccc(F)c3OC[C@H]12. The van der Waals surface area contributed by atoms with Crippen LogP contribution < -0.4 is 14.2 Å². The van der Waals surface area contributed by atoms with Crippen molar-refractivity contribution in [3.8, 4) is 17.2 Å². The number of hydrogen-bond donors (Lipinski definition) is 3. The Balaban J connectivity index is 0.000000132. The molecule has 414 valence electrons. The van der Waals surface area contributed by atoms with E-state index in [2.05, 4.69) is 0 Å². The first-order valence-electron chi connectivity index (χ1n) is 27.0. The van der Waals surface area contributed by atoms with Crippen molar-refractivity contribution in [3.63, 3.8) is 0 Å². The topological polar surface area (TPSA) is 88.4 Å². The highest BCUT2D eigenvalue weighted by atomic mass is 35.5. The third-order valence-corrected chi connectivity index (χ3v) is 19.1. The molecule has 78 heavy (non-hydrogen) atoms. The van der Waals surface area contributed by atoms with Gasteiger partial charge in [0.15, 0.2) is 34.7 Å². The highest BCUT2D eigenvalue weighted by Gasteiger charge is 2.55. The molecular formula is C63H63Cl3F6O6. The first kappa shape index (κ1) is 56.3. The van der Waals surface area contributed by atoms with E-state index in [0.717, 1.165) is 92.7 Å². The highest BCUT2D eigenvalue weighted by molar-refractivity contribution is 6.31. The summed E-state index contributed by atoms with van der Waals surface area (Å²) in [6.07, 6.45) is 9.17. The minimum Gasteiger partial charge on any atom is -0.490 e. The maximum absolute atomic E-state index is 14.9. The van der Waals surface area contributed by atoms with Crippen LogP contribution in [-0.2, 0) is 35.5 Å². The average Bonchev–Trinajstić information content (AvgIpc) is 3.42. The van der Waals surface area contributed by atoms with Crippen LogP contribution in [0.2, 0.25) is 15.1 Å². The Hall–Kier alpha value is -4.95. The Kier molecular flexibility index (Phi) is 17.1. The van der Waals surface area contributed by atoms with Crippen LogP contribution in [0.15, 0.2) is 109 Å². The third-order valence-electron chi connectivity index (χ3n) is 18.3. The second-order valence-electron chi connectivity index (χ2n) is 22.3. The molecular weight excluding hydrogens is 1070 g/mol. The molecule has 15 heteroatoms. The van der Waals surface area contributed by atoms with Crippen molar-refractivity contribution in [2.45, 2.75) is 93.3 Å². The molecule has 3 saturated carbocycles. The molecule has 6 aliphatic rings. The van der Waals surface area contributed by atoms with Crippen molar-refractivity contribution in [3.05, 3.63) is 193 Å². The third kappa shape index (κ3) is 10.6. The van der Waals surface area contributed by atoms with Crippen LogP contribution in [0, 0.1) is 70.4 Å². The number of rotatable bonds is 9. The van der Waals surface area contributed by atoms with E-state index in [1.807, 2.05) is 72.8 Å². The summed E-state index contributed by atoms with van der Waals surface area (Å²) >= 11 is 18.0. The van der Waals surface area contributed by atoms with Gasteiger partial charge in [0.1, 0.15) is 17.5 Å². The quantitative estimate of drug-likeness (QED) is 0.125. The molecule has 6 aromatic carbocycles. The molecule has 6 aromatic rings. The van der Waals surface area contributed by atoms with Crippen molar-refractivity contribution in [2.75, 3.05) is 39.6 Å². The molecule has 3 aliphatic heterocycles. The van der Waals surface area contributed by atoms with Gasteiger partial charge in [0.25, 0.3) is 0 Å². The fraction of sp³-hybridized carbons (Fsp3) is 0.429. The molecule has 3 fully saturated rings. The lowest BCUT2D eigenvalue weighted by Crippen LogP contribution is -2.51. The number of aliphatic hydroxyl groups excluding tert-OH is 3. The molecule has 0 unspecified atom stereocenters. The zero-order valence-corrected chi connectivity index (χ0v) is 45.3. The van der Waals surface area contributed by atoms with Gasteiger partial charge in [-0.25, -0.2) is 26.3 Å². The second-order valence-corrected chi connectivity index (χ2v) is 23.6. The van der Waals surface area contributed by atoms with E-state index in [1.54, 1.807) is 0 Å². The largest absolute Gasteiger partial charge is 0.490 e. The zero-order valence-electron chi connectivity index (χ0n) is 43.1. The molecule has 6 nitrogen and oxygen atoms in total. The molecule has 0 spiro atoms. The van der Waals surface area contributed by atoms with Crippen molar-refractivity contribution < 1.29 is 55.9 Å². The van der Waals surface area contributed by atoms with Gasteiger partial charge < -0.3 is 29.5 Å². The van der Waals surface area contributed by atoms with Crippen LogP contribution in [-0.4, -0.2) is 55.0 Å². The van der Waals surface area contributed by atoms with Crippen LogP contribution >= 0.6 is 34.8 Å². The zero-order chi connectivity index (χ0) is 54.9. The first-order chi connectivity index (χ1) is 37.6. The summed E-state index contributed by atoms with van der Waals surface area (Å²) in [5.74, 6) is -2.87. The lowest BCUT2D eigenvalue weighted by atomic mass is 9.55. The second kappa shape index (κ2) is 23.6. The van der Waals surface area contributed by atoms with Crippen LogP contribution in [0.5, 0.6) is 17.2 Å². The minimum absolute atomic E-state index is 0.0202. The smallest absolute Gasteiger partial charge is 0.165 e. The Bertz CT molecular complexity index is 2750. The van der Waals surface area contributed by atoms with E-state index in [1.165, 1.54) is 18.2 Å². The van der Waals surface area contributed by atoms with E-state index in [0.29, 0.717) is 70.8 Å². The Morgan fingerprint density at radius 2 is 0.615 bits per heavy atom. The summed E-state index contributed by atoms with van der Waals surface area (Å²) < 4.78 is 105. The minimum atomic E-state index is -0.584. The molecule has 0 aromatic heterocycles. The molecule has 3 heterocycles. The Morgan fingerprint density at radius 3 is 0.859 bits per heavy atom. The summed E-state index contributed by atoms with van der Waals surface area (Å²) in [4.78, 5) is 0. The van der Waals surface area contributed by atoms with Gasteiger partial charge in [-0.3, -0.25) is 0 Å². The maximum Gasteiger partial charge on any atom is 0.165 e. The maximum atomic E-state index is 14.9. The lowest BCUT2D eigenvalue weighted by Gasteiger charge is -2.51. The average molecular weight is 1140 g/mol. The van der Waals surface area contributed by atoms with Gasteiger partial charge in [-0.15, -0.1) is 0 Å². The molecule has 0 bridgehead atoms. The normalized spacial score (nSPS) is 27.4. The predicted octanol–water partition coefficient (Wildman–Crippen LogP) is 14.7. The summed E-state index contributed by atoms with van der Waals surface area (Å²) in [5, 5.41) is 31.6. The predicted molar refractivity (Wildman–Crippen MR) is 290 cm³/mol. The standard InChI is InChI=1S/3C21H21ClF2O2/c3*22-15-5-3-13(4-6-15)10-21-9-1-2-14(11-25)16(21)12-26-20-18(24)8-7-17(23)19(20)21/h3*3-8,14,16,25H,1-2,9-12H2/t3*14-,16-,21-/m100/s1. The molecule has 0 saturated heterocycles. The highest BCUT2D eigenvalue weighted by Crippen LogP contribution is 2.58. The van der Waals surface area contributed by atoms with Gasteiger partial charge in [-0.05, 0) is 165 Å². The number of hydrogen-bond acceptors (Lipinski definition) is 6. The van der Waals surface area contributed by atoms with Crippen molar-refractivity contribution in [2.24, 2.45) is 35.5 Å². The van der Waals surface area contributed by atoms with Gasteiger partial charge in [-0.1, -0.05) is 90.5 Å². The first-order valence-corrected chi connectivity index (χ1v) is 28.2. The van der Waals surface area contributed by atoms with Crippen molar-refractivity contribution >= 4 is 34.8 Å². The molecule has 3 N–H and O–H groups in total. The molecule has 3 aliphatic carbocycles. The number of benzene rings is 6. The van der Waals surface area contributed by atoms with Gasteiger partial charge in [-0.2, -0.15) is 0 Å². The number of aliphatic hydroxyl groups is 3. The van der Waals surface area contributed by atoms with Crippen LogP contribution in [0.1, 0.15) is 91.2 Å².